The first kappa shape index (κ1) is 12.5. The highest BCUT2D eigenvalue weighted by Crippen LogP contribution is 2.19. The van der Waals surface area contributed by atoms with Crippen LogP contribution in [0.3, 0.4) is 0 Å². The molecule has 0 bridgehead atoms. The van der Waals surface area contributed by atoms with E-state index in [1.54, 1.807) is 0 Å². The van der Waals surface area contributed by atoms with E-state index in [2.05, 4.69) is 12.2 Å². The minimum Gasteiger partial charge on any atom is -0.339 e. The van der Waals surface area contributed by atoms with Crippen molar-refractivity contribution in [3.8, 4) is 0 Å². The third-order valence-electron chi connectivity index (χ3n) is 2.88. The van der Waals surface area contributed by atoms with Gasteiger partial charge in [0.1, 0.15) is 0 Å². The van der Waals surface area contributed by atoms with Crippen LogP contribution in [0.5, 0.6) is 0 Å². The van der Waals surface area contributed by atoms with Gasteiger partial charge in [-0.3, -0.25) is 4.79 Å². The summed E-state index contributed by atoms with van der Waals surface area (Å²) in [7, 11) is 0. The molecule has 1 amide bonds. The van der Waals surface area contributed by atoms with E-state index >= 15 is 0 Å². The standard InChI is InChI=1S/C11H23N3O/c1-8-7-14(6-5-13-8)10(15)9(12)11(2,3)4/h8-9,13H,5-7,12H2,1-4H3/t8-,9+/m0/s1. The van der Waals surface area contributed by atoms with Crippen molar-refractivity contribution in [3.05, 3.63) is 0 Å². The van der Waals surface area contributed by atoms with Gasteiger partial charge in [-0.15, -0.1) is 0 Å². The van der Waals surface area contributed by atoms with Crippen molar-refractivity contribution in [2.45, 2.75) is 39.8 Å². The van der Waals surface area contributed by atoms with Crippen LogP contribution in [0.15, 0.2) is 0 Å². The number of piperazine rings is 1. The second-order valence-corrected chi connectivity index (χ2v) is 5.48. The van der Waals surface area contributed by atoms with E-state index in [0.717, 1.165) is 19.6 Å². The Bertz CT molecular complexity index is 234. The Morgan fingerprint density at radius 2 is 2.13 bits per heavy atom. The van der Waals surface area contributed by atoms with Gasteiger partial charge >= 0.3 is 0 Å². The predicted molar refractivity (Wildman–Crippen MR) is 61.5 cm³/mol. The molecule has 15 heavy (non-hydrogen) atoms. The van der Waals surface area contributed by atoms with Gasteiger partial charge in [-0.25, -0.2) is 0 Å². The number of hydrogen-bond acceptors (Lipinski definition) is 3. The second-order valence-electron chi connectivity index (χ2n) is 5.48. The summed E-state index contributed by atoms with van der Waals surface area (Å²) in [6.07, 6.45) is 0. The first-order valence-electron chi connectivity index (χ1n) is 5.60. The van der Waals surface area contributed by atoms with E-state index in [1.807, 2.05) is 25.7 Å². The maximum absolute atomic E-state index is 12.1. The molecule has 0 saturated carbocycles. The van der Waals surface area contributed by atoms with E-state index in [1.165, 1.54) is 0 Å². The summed E-state index contributed by atoms with van der Waals surface area (Å²) >= 11 is 0. The molecule has 0 aliphatic carbocycles. The van der Waals surface area contributed by atoms with E-state index in [0.29, 0.717) is 6.04 Å². The van der Waals surface area contributed by atoms with Crippen molar-refractivity contribution in [1.29, 1.82) is 0 Å². The van der Waals surface area contributed by atoms with E-state index in [4.69, 9.17) is 5.73 Å². The SMILES string of the molecule is C[C@H]1CN(C(=O)[C@@H](N)C(C)(C)C)CCN1. The molecule has 0 radical (unpaired) electrons. The first-order valence-corrected chi connectivity index (χ1v) is 5.60. The van der Waals surface area contributed by atoms with Gasteiger partial charge in [0.05, 0.1) is 6.04 Å². The third-order valence-corrected chi connectivity index (χ3v) is 2.88. The number of carbonyl (C=O) groups excluding carboxylic acids is 1. The smallest absolute Gasteiger partial charge is 0.240 e. The Kier molecular flexibility index (Phi) is 3.73. The summed E-state index contributed by atoms with van der Waals surface area (Å²) in [4.78, 5) is 13.9. The van der Waals surface area contributed by atoms with Gasteiger partial charge in [0, 0.05) is 25.7 Å². The number of rotatable bonds is 1. The fourth-order valence-corrected chi connectivity index (χ4v) is 1.70. The molecule has 3 N–H and O–H groups in total. The van der Waals surface area contributed by atoms with Crippen molar-refractivity contribution in [2.75, 3.05) is 19.6 Å². The van der Waals surface area contributed by atoms with Gasteiger partial charge in [0.2, 0.25) is 5.91 Å². The second kappa shape index (κ2) is 4.49. The van der Waals surface area contributed by atoms with Crippen LogP contribution in [0.4, 0.5) is 0 Å². The Morgan fingerprint density at radius 1 is 1.53 bits per heavy atom. The fraction of sp³-hybridized carbons (Fsp3) is 0.909. The molecule has 2 atom stereocenters. The van der Waals surface area contributed by atoms with Crippen LogP contribution in [-0.4, -0.2) is 42.5 Å². The molecule has 4 nitrogen and oxygen atoms in total. The van der Waals surface area contributed by atoms with Crippen LogP contribution in [0, 0.1) is 5.41 Å². The Morgan fingerprint density at radius 3 is 2.60 bits per heavy atom. The minimum absolute atomic E-state index is 0.0795. The summed E-state index contributed by atoms with van der Waals surface area (Å²) in [5.74, 6) is 0.0795. The zero-order chi connectivity index (χ0) is 11.6. The topological polar surface area (TPSA) is 58.4 Å². The molecule has 1 aliphatic heterocycles. The van der Waals surface area contributed by atoms with Crippen LogP contribution in [0.25, 0.3) is 0 Å². The molecule has 0 aromatic heterocycles. The summed E-state index contributed by atoms with van der Waals surface area (Å²) in [6.45, 7) is 10.5. The highest BCUT2D eigenvalue weighted by molar-refractivity contribution is 5.82. The van der Waals surface area contributed by atoms with E-state index in [9.17, 15) is 4.79 Å². The molecule has 1 fully saturated rings. The average Bonchev–Trinajstić information content (AvgIpc) is 2.14. The number of nitrogens with zero attached hydrogens (tertiary/aromatic N) is 1. The van der Waals surface area contributed by atoms with Gasteiger partial charge in [-0.2, -0.15) is 0 Å². The lowest BCUT2D eigenvalue weighted by molar-refractivity contribution is -0.136. The van der Waals surface area contributed by atoms with Crippen LogP contribution in [-0.2, 0) is 4.79 Å². The highest BCUT2D eigenvalue weighted by atomic mass is 16.2. The molecule has 0 unspecified atom stereocenters. The van der Waals surface area contributed by atoms with Crippen LogP contribution >= 0.6 is 0 Å². The molecule has 0 aromatic rings. The van der Waals surface area contributed by atoms with Crippen molar-refractivity contribution in [2.24, 2.45) is 11.1 Å². The van der Waals surface area contributed by atoms with E-state index < -0.39 is 6.04 Å². The zero-order valence-electron chi connectivity index (χ0n) is 10.2. The van der Waals surface area contributed by atoms with Gasteiger partial charge in [-0.05, 0) is 12.3 Å². The molecule has 0 aromatic carbocycles. The summed E-state index contributed by atoms with van der Waals surface area (Å²) in [5, 5.41) is 3.31. The van der Waals surface area contributed by atoms with Crippen LogP contribution in [0.2, 0.25) is 0 Å². The Balaban J connectivity index is 2.60. The monoisotopic (exact) mass is 213 g/mol. The largest absolute Gasteiger partial charge is 0.339 e. The van der Waals surface area contributed by atoms with Crippen molar-refractivity contribution < 1.29 is 4.79 Å². The Hall–Kier alpha value is -0.610. The molecule has 0 spiro atoms. The fourth-order valence-electron chi connectivity index (χ4n) is 1.70. The highest BCUT2D eigenvalue weighted by Gasteiger charge is 2.32. The molecule has 1 saturated heterocycles. The number of nitrogens with two attached hydrogens (primary N) is 1. The van der Waals surface area contributed by atoms with Gasteiger partial charge < -0.3 is 16.0 Å². The third kappa shape index (κ3) is 3.18. The lowest BCUT2D eigenvalue weighted by atomic mass is 9.86. The van der Waals surface area contributed by atoms with Gasteiger partial charge in [0.15, 0.2) is 0 Å². The van der Waals surface area contributed by atoms with Crippen molar-refractivity contribution in [1.82, 2.24) is 10.2 Å². The molecule has 1 rings (SSSR count). The maximum atomic E-state index is 12.1. The predicted octanol–water partition coefficient (Wildman–Crippen LogP) is 0.180. The number of amides is 1. The quantitative estimate of drug-likeness (QED) is 0.653. The normalized spacial score (nSPS) is 25.1. The number of carbonyl (C=O) groups is 1. The summed E-state index contributed by atoms with van der Waals surface area (Å²) < 4.78 is 0. The maximum Gasteiger partial charge on any atom is 0.240 e. The minimum atomic E-state index is -0.400. The Labute approximate surface area is 92.2 Å². The number of nitrogens with one attached hydrogen (secondary N) is 1. The molecule has 88 valence electrons. The van der Waals surface area contributed by atoms with Crippen LogP contribution < -0.4 is 11.1 Å². The van der Waals surface area contributed by atoms with Crippen LogP contribution in [0.1, 0.15) is 27.7 Å². The molecule has 4 heteroatoms. The first-order chi connectivity index (χ1) is 6.82. The van der Waals surface area contributed by atoms with Gasteiger partial charge in [-0.1, -0.05) is 20.8 Å². The number of hydrogen-bond donors (Lipinski definition) is 2. The lowest BCUT2D eigenvalue weighted by Crippen LogP contribution is -2.57. The van der Waals surface area contributed by atoms with Crippen molar-refractivity contribution in [3.63, 3.8) is 0 Å². The lowest BCUT2D eigenvalue weighted by Gasteiger charge is -2.36. The van der Waals surface area contributed by atoms with Gasteiger partial charge in [0.25, 0.3) is 0 Å². The molecule has 1 heterocycles. The summed E-state index contributed by atoms with van der Waals surface area (Å²) in [5.41, 5.74) is 5.80. The zero-order valence-corrected chi connectivity index (χ0v) is 10.2. The molecular weight excluding hydrogens is 190 g/mol. The summed E-state index contributed by atoms with van der Waals surface area (Å²) in [6, 6.07) is -0.0299. The average molecular weight is 213 g/mol. The molecular formula is C11H23N3O. The van der Waals surface area contributed by atoms with Crippen molar-refractivity contribution >= 4 is 5.91 Å². The molecule has 1 aliphatic rings. The van der Waals surface area contributed by atoms with E-state index in [-0.39, 0.29) is 11.3 Å².